The summed E-state index contributed by atoms with van der Waals surface area (Å²) in [6.07, 6.45) is 0. The standard InChI is InChI=1S/C27H29ClN2O8S/c1-6-38-27(32)20-8-7-9-21(17(20)2)29-26(31)16-30(22-14-18(28)10-12-23(22)35-3)39(33,34)19-11-13-24(36-4)25(15-19)37-5/h7-15H,6,16H2,1-5H3,(H,29,31). The third-order valence-electron chi connectivity index (χ3n) is 5.74. The second-order valence-corrected chi connectivity index (χ2v) is 10.4. The van der Waals surface area contributed by atoms with Crippen molar-refractivity contribution in [2.75, 3.05) is 44.1 Å². The van der Waals surface area contributed by atoms with Crippen molar-refractivity contribution in [2.24, 2.45) is 0 Å². The minimum atomic E-state index is -4.36. The average molecular weight is 577 g/mol. The van der Waals surface area contributed by atoms with Gasteiger partial charge in [0, 0.05) is 16.8 Å². The topological polar surface area (TPSA) is 120 Å². The Morgan fingerprint density at radius 2 is 1.59 bits per heavy atom. The van der Waals surface area contributed by atoms with E-state index in [4.69, 9.17) is 30.5 Å². The fourth-order valence-corrected chi connectivity index (χ4v) is 5.39. The first kappa shape index (κ1) is 29.6. The van der Waals surface area contributed by atoms with Crippen molar-refractivity contribution in [3.8, 4) is 17.2 Å². The Morgan fingerprint density at radius 1 is 0.923 bits per heavy atom. The number of hydrogen-bond donors (Lipinski definition) is 1. The molecule has 0 spiro atoms. The molecule has 208 valence electrons. The Labute approximate surface area is 232 Å². The van der Waals surface area contributed by atoms with E-state index in [1.165, 1.54) is 57.7 Å². The van der Waals surface area contributed by atoms with E-state index in [1.54, 1.807) is 32.0 Å². The molecule has 0 bridgehead atoms. The quantitative estimate of drug-likeness (QED) is 0.327. The normalized spacial score (nSPS) is 10.9. The molecule has 3 rings (SSSR count). The minimum Gasteiger partial charge on any atom is -0.495 e. The summed E-state index contributed by atoms with van der Waals surface area (Å²) >= 11 is 6.20. The van der Waals surface area contributed by atoms with E-state index in [0.29, 0.717) is 17.0 Å². The molecule has 12 heteroatoms. The molecular weight excluding hydrogens is 548 g/mol. The van der Waals surface area contributed by atoms with Gasteiger partial charge < -0.3 is 24.3 Å². The number of ether oxygens (including phenoxy) is 4. The number of nitrogens with zero attached hydrogens (tertiary/aromatic N) is 1. The molecule has 0 aliphatic rings. The average Bonchev–Trinajstić information content (AvgIpc) is 2.92. The van der Waals surface area contributed by atoms with Gasteiger partial charge >= 0.3 is 5.97 Å². The van der Waals surface area contributed by atoms with Crippen molar-refractivity contribution >= 4 is 44.9 Å². The number of halogens is 1. The number of carbonyl (C=O) groups excluding carboxylic acids is 2. The number of benzene rings is 3. The van der Waals surface area contributed by atoms with Gasteiger partial charge in [-0.1, -0.05) is 17.7 Å². The van der Waals surface area contributed by atoms with Gasteiger partial charge in [-0.15, -0.1) is 0 Å². The number of esters is 1. The van der Waals surface area contributed by atoms with Gasteiger partial charge in [0.1, 0.15) is 12.3 Å². The molecule has 0 fully saturated rings. The van der Waals surface area contributed by atoms with Crippen LogP contribution in [0.5, 0.6) is 17.2 Å². The fourth-order valence-electron chi connectivity index (χ4n) is 3.78. The molecule has 0 saturated carbocycles. The Bertz CT molecular complexity index is 1480. The van der Waals surface area contributed by atoms with Gasteiger partial charge in [-0.05, 0) is 61.9 Å². The zero-order valence-electron chi connectivity index (χ0n) is 22.1. The smallest absolute Gasteiger partial charge is 0.338 e. The van der Waals surface area contributed by atoms with E-state index >= 15 is 0 Å². The van der Waals surface area contributed by atoms with Crippen LogP contribution >= 0.6 is 11.6 Å². The highest BCUT2D eigenvalue weighted by molar-refractivity contribution is 7.92. The highest BCUT2D eigenvalue weighted by Gasteiger charge is 2.31. The lowest BCUT2D eigenvalue weighted by Gasteiger charge is -2.26. The van der Waals surface area contributed by atoms with E-state index in [1.807, 2.05) is 0 Å². The molecule has 3 aromatic carbocycles. The minimum absolute atomic E-state index is 0.0481. The second-order valence-electron chi connectivity index (χ2n) is 8.09. The number of carbonyl (C=O) groups is 2. The molecule has 0 heterocycles. The number of rotatable bonds is 11. The van der Waals surface area contributed by atoms with Gasteiger partial charge in [-0.3, -0.25) is 9.10 Å². The number of methoxy groups -OCH3 is 3. The summed E-state index contributed by atoms with van der Waals surface area (Å²) in [5.74, 6) is -0.514. The fraction of sp³-hybridized carbons (Fsp3) is 0.259. The van der Waals surface area contributed by atoms with Gasteiger partial charge in [-0.25, -0.2) is 13.2 Å². The van der Waals surface area contributed by atoms with Gasteiger partial charge in [0.15, 0.2) is 11.5 Å². The summed E-state index contributed by atoms with van der Waals surface area (Å²) in [5.41, 5.74) is 1.12. The van der Waals surface area contributed by atoms with E-state index < -0.39 is 28.4 Å². The van der Waals surface area contributed by atoms with E-state index in [0.717, 1.165) is 4.31 Å². The predicted octanol–water partition coefficient (Wildman–Crippen LogP) is 4.68. The third-order valence-corrected chi connectivity index (χ3v) is 7.73. The van der Waals surface area contributed by atoms with Crippen molar-refractivity contribution in [1.29, 1.82) is 0 Å². The van der Waals surface area contributed by atoms with E-state index in [2.05, 4.69) is 5.32 Å². The first-order valence-electron chi connectivity index (χ1n) is 11.7. The summed E-state index contributed by atoms with van der Waals surface area (Å²) in [7, 11) is -0.180. The van der Waals surface area contributed by atoms with Crippen LogP contribution in [0.15, 0.2) is 59.5 Å². The van der Waals surface area contributed by atoms with Crippen molar-refractivity contribution in [1.82, 2.24) is 0 Å². The molecule has 0 aliphatic heterocycles. The molecule has 3 aromatic rings. The summed E-state index contributed by atoms with van der Waals surface area (Å²) in [5, 5.41) is 2.93. The van der Waals surface area contributed by atoms with Crippen molar-refractivity contribution in [3.63, 3.8) is 0 Å². The lowest BCUT2D eigenvalue weighted by Crippen LogP contribution is -2.38. The summed E-state index contributed by atoms with van der Waals surface area (Å²) in [4.78, 5) is 25.4. The summed E-state index contributed by atoms with van der Waals surface area (Å²) < 4.78 is 49.7. The van der Waals surface area contributed by atoms with E-state index in [-0.39, 0.29) is 39.3 Å². The lowest BCUT2D eigenvalue weighted by molar-refractivity contribution is -0.114. The number of amides is 1. The molecule has 0 atom stereocenters. The maximum absolute atomic E-state index is 13.9. The molecule has 0 aliphatic carbocycles. The van der Waals surface area contributed by atoms with Crippen LogP contribution in [-0.4, -0.2) is 54.8 Å². The highest BCUT2D eigenvalue weighted by atomic mass is 35.5. The first-order valence-corrected chi connectivity index (χ1v) is 13.5. The van der Waals surface area contributed by atoms with Crippen molar-refractivity contribution in [2.45, 2.75) is 18.7 Å². The van der Waals surface area contributed by atoms with Gasteiger partial charge in [0.25, 0.3) is 10.0 Å². The van der Waals surface area contributed by atoms with Crippen LogP contribution in [0.3, 0.4) is 0 Å². The van der Waals surface area contributed by atoms with Gasteiger partial charge in [-0.2, -0.15) is 0 Å². The highest BCUT2D eigenvalue weighted by Crippen LogP contribution is 2.37. The van der Waals surface area contributed by atoms with Crippen LogP contribution in [0, 0.1) is 6.92 Å². The number of nitrogens with one attached hydrogen (secondary N) is 1. The van der Waals surface area contributed by atoms with Crippen molar-refractivity contribution < 1.29 is 37.0 Å². The zero-order valence-corrected chi connectivity index (χ0v) is 23.7. The molecule has 0 aromatic heterocycles. The Kier molecular flexibility index (Phi) is 9.66. The van der Waals surface area contributed by atoms with Gasteiger partial charge in [0.2, 0.25) is 5.91 Å². The lowest BCUT2D eigenvalue weighted by atomic mass is 10.1. The predicted molar refractivity (Wildman–Crippen MR) is 148 cm³/mol. The number of hydrogen-bond acceptors (Lipinski definition) is 8. The molecule has 0 radical (unpaired) electrons. The maximum Gasteiger partial charge on any atom is 0.338 e. The van der Waals surface area contributed by atoms with E-state index in [9.17, 15) is 18.0 Å². The Balaban J connectivity index is 2.06. The summed E-state index contributed by atoms with van der Waals surface area (Å²) in [6.45, 7) is 2.89. The Morgan fingerprint density at radius 3 is 2.23 bits per heavy atom. The second kappa shape index (κ2) is 12.7. The maximum atomic E-state index is 13.9. The molecule has 0 saturated heterocycles. The molecule has 0 unspecified atom stereocenters. The number of sulfonamides is 1. The molecule has 39 heavy (non-hydrogen) atoms. The van der Waals surface area contributed by atoms with Crippen LogP contribution < -0.4 is 23.8 Å². The molecule has 1 N–H and O–H groups in total. The third kappa shape index (κ3) is 6.55. The largest absolute Gasteiger partial charge is 0.495 e. The van der Waals surface area contributed by atoms with Crippen LogP contribution in [0.25, 0.3) is 0 Å². The summed E-state index contributed by atoms with van der Waals surface area (Å²) in [6, 6.07) is 13.3. The molecule has 1 amide bonds. The van der Waals surface area contributed by atoms with Crippen LogP contribution in [0.4, 0.5) is 11.4 Å². The first-order chi connectivity index (χ1) is 18.6. The van der Waals surface area contributed by atoms with Crippen LogP contribution in [0.2, 0.25) is 5.02 Å². The van der Waals surface area contributed by atoms with Crippen molar-refractivity contribution in [3.05, 3.63) is 70.7 Å². The van der Waals surface area contributed by atoms with Crippen LogP contribution in [-0.2, 0) is 19.6 Å². The molecular formula is C27H29ClN2O8S. The zero-order chi connectivity index (χ0) is 28.7. The van der Waals surface area contributed by atoms with Gasteiger partial charge in [0.05, 0.1) is 44.1 Å². The van der Waals surface area contributed by atoms with Crippen LogP contribution in [0.1, 0.15) is 22.8 Å². The SMILES string of the molecule is CCOC(=O)c1cccc(NC(=O)CN(c2cc(Cl)ccc2OC)S(=O)(=O)c2ccc(OC)c(OC)c2)c1C. The molecule has 10 nitrogen and oxygen atoms in total. The Hall–Kier alpha value is -3.96. The number of anilines is 2. The monoisotopic (exact) mass is 576 g/mol.